The lowest BCUT2D eigenvalue weighted by atomic mass is 9.96. The Balaban J connectivity index is 0.00000264. The second kappa shape index (κ2) is 9.10. The van der Waals surface area contributed by atoms with Gasteiger partial charge in [-0.2, -0.15) is 0 Å². The van der Waals surface area contributed by atoms with E-state index in [2.05, 4.69) is 39.9 Å². The highest BCUT2D eigenvalue weighted by molar-refractivity contribution is 14.0. The third-order valence-electron chi connectivity index (χ3n) is 4.05. The maximum atomic E-state index is 11.6. The molecule has 1 fully saturated rings. The van der Waals surface area contributed by atoms with Crippen LogP contribution in [0.4, 0.5) is 0 Å². The Morgan fingerprint density at radius 1 is 1.22 bits per heavy atom. The van der Waals surface area contributed by atoms with Gasteiger partial charge in [0, 0.05) is 32.6 Å². The van der Waals surface area contributed by atoms with Crippen molar-refractivity contribution in [3.05, 3.63) is 35.9 Å². The van der Waals surface area contributed by atoms with Gasteiger partial charge < -0.3 is 15.5 Å². The summed E-state index contributed by atoms with van der Waals surface area (Å²) in [5.41, 5.74) is 1.60. The maximum absolute atomic E-state index is 11.6. The van der Waals surface area contributed by atoms with Gasteiger partial charge in [-0.25, -0.2) is 4.99 Å². The number of hydrogen-bond acceptors (Lipinski definition) is 2. The number of nitrogens with zero attached hydrogens (tertiary/aromatic N) is 2. The summed E-state index contributed by atoms with van der Waals surface area (Å²) in [7, 11) is 3.49. The van der Waals surface area contributed by atoms with Crippen molar-refractivity contribution in [3.63, 3.8) is 0 Å². The van der Waals surface area contributed by atoms with Gasteiger partial charge in [-0.15, -0.1) is 24.0 Å². The summed E-state index contributed by atoms with van der Waals surface area (Å²) in [6.45, 7) is 3.81. The van der Waals surface area contributed by atoms with Gasteiger partial charge in [-0.05, 0) is 25.3 Å². The zero-order chi connectivity index (χ0) is 16.0. The summed E-state index contributed by atoms with van der Waals surface area (Å²) in [5.74, 6) is 0.710. The number of amides is 1. The zero-order valence-electron chi connectivity index (χ0n) is 14.1. The monoisotopic (exact) mass is 430 g/mol. The zero-order valence-corrected chi connectivity index (χ0v) is 16.5. The molecule has 23 heavy (non-hydrogen) atoms. The van der Waals surface area contributed by atoms with Gasteiger partial charge in [-0.3, -0.25) is 4.79 Å². The molecule has 1 saturated carbocycles. The SMILES string of the molecule is CCNC(=NCC(=O)N(C)C)NCC1(c2ccccc2)CC1.I. The Bertz CT molecular complexity index is 527. The smallest absolute Gasteiger partial charge is 0.243 e. The largest absolute Gasteiger partial charge is 0.357 e. The molecular weight excluding hydrogens is 403 g/mol. The molecule has 0 radical (unpaired) electrons. The molecule has 1 amide bonds. The number of nitrogens with one attached hydrogen (secondary N) is 2. The Morgan fingerprint density at radius 2 is 1.87 bits per heavy atom. The van der Waals surface area contributed by atoms with Gasteiger partial charge in [-0.1, -0.05) is 30.3 Å². The molecular formula is C17H27IN4O. The molecule has 1 aromatic carbocycles. The molecule has 0 saturated heterocycles. The number of guanidine groups is 1. The van der Waals surface area contributed by atoms with Crippen LogP contribution in [0.2, 0.25) is 0 Å². The third kappa shape index (κ3) is 5.67. The average molecular weight is 430 g/mol. The van der Waals surface area contributed by atoms with E-state index in [1.807, 2.05) is 13.0 Å². The Morgan fingerprint density at radius 3 is 2.39 bits per heavy atom. The van der Waals surface area contributed by atoms with Gasteiger partial charge in [0.05, 0.1) is 0 Å². The number of benzene rings is 1. The number of aliphatic imine (C=N–C) groups is 1. The van der Waals surface area contributed by atoms with Crippen molar-refractivity contribution >= 4 is 35.8 Å². The van der Waals surface area contributed by atoms with Crippen molar-refractivity contribution < 1.29 is 4.79 Å². The molecule has 0 aromatic heterocycles. The first kappa shape index (κ1) is 19.7. The highest BCUT2D eigenvalue weighted by atomic mass is 127. The number of hydrogen-bond donors (Lipinski definition) is 2. The predicted molar refractivity (Wildman–Crippen MR) is 105 cm³/mol. The van der Waals surface area contributed by atoms with E-state index >= 15 is 0 Å². The second-order valence-corrected chi connectivity index (χ2v) is 5.98. The molecule has 2 rings (SSSR count). The van der Waals surface area contributed by atoms with Crippen molar-refractivity contribution in [1.29, 1.82) is 0 Å². The molecule has 5 nitrogen and oxygen atoms in total. The summed E-state index contributed by atoms with van der Waals surface area (Å²) >= 11 is 0. The van der Waals surface area contributed by atoms with Gasteiger partial charge >= 0.3 is 0 Å². The van der Waals surface area contributed by atoms with Gasteiger partial charge in [0.15, 0.2) is 5.96 Å². The Labute approximate surface area is 156 Å². The lowest BCUT2D eigenvalue weighted by molar-refractivity contribution is -0.127. The summed E-state index contributed by atoms with van der Waals surface area (Å²) in [6.07, 6.45) is 2.39. The van der Waals surface area contributed by atoms with Crippen LogP contribution in [0.15, 0.2) is 35.3 Å². The molecule has 0 atom stereocenters. The standard InChI is InChI=1S/C17H26N4O.HI/c1-4-18-16(19-12-15(22)21(2)3)20-13-17(10-11-17)14-8-6-5-7-9-14;/h5-9H,4,10-13H2,1-3H3,(H2,18,19,20);1H. The average Bonchev–Trinajstić information content (AvgIpc) is 3.31. The summed E-state index contributed by atoms with van der Waals surface area (Å²) in [5, 5.41) is 6.58. The fourth-order valence-electron chi connectivity index (χ4n) is 2.39. The topological polar surface area (TPSA) is 56.7 Å². The van der Waals surface area contributed by atoms with E-state index in [4.69, 9.17) is 0 Å². The normalized spacial score (nSPS) is 15.3. The van der Waals surface area contributed by atoms with Crippen LogP contribution in [0.1, 0.15) is 25.3 Å². The lowest BCUT2D eigenvalue weighted by Crippen LogP contribution is -2.42. The maximum Gasteiger partial charge on any atom is 0.243 e. The number of halogens is 1. The minimum absolute atomic E-state index is 0. The number of likely N-dealkylation sites (N-methyl/N-ethyl adjacent to an activating group) is 1. The Hall–Kier alpha value is -1.31. The first-order valence-electron chi connectivity index (χ1n) is 7.85. The van der Waals surface area contributed by atoms with Gasteiger partial charge in [0.1, 0.15) is 6.54 Å². The van der Waals surface area contributed by atoms with E-state index in [0.29, 0.717) is 5.96 Å². The number of rotatable bonds is 6. The number of carbonyl (C=O) groups is 1. The molecule has 0 bridgehead atoms. The highest BCUT2D eigenvalue weighted by Crippen LogP contribution is 2.47. The van der Waals surface area contributed by atoms with Gasteiger partial charge in [0.25, 0.3) is 0 Å². The number of carbonyl (C=O) groups excluding carboxylic acids is 1. The van der Waals surface area contributed by atoms with Crippen molar-refractivity contribution in [1.82, 2.24) is 15.5 Å². The predicted octanol–water partition coefficient (Wildman–Crippen LogP) is 1.98. The van der Waals surface area contributed by atoms with Crippen LogP contribution in [0.25, 0.3) is 0 Å². The summed E-state index contributed by atoms with van der Waals surface area (Å²) in [6, 6.07) is 10.6. The van der Waals surface area contributed by atoms with E-state index in [-0.39, 0.29) is 41.8 Å². The van der Waals surface area contributed by atoms with Crippen LogP contribution in [-0.4, -0.2) is 50.5 Å². The van der Waals surface area contributed by atoms with Crippen LogP contribution >= 0.6 is 24.0 Å². The first-order chi connectivity index (χ1) is 10.6. The molecule has 1 aliphatic rings. The van der Waals surface area contributed by atoms with E-state index in [1.165, 1.54) is 18.4 Å². The highest BCUT2D eigenvalue weighted by Gasteiger charge is 2.43. The van der Waals surface area contributed by atoms with Crippen LogP contribution in [0, 0.1) is 0 Å². The molecule has 1 aromatic rings. The van der Waals surface area contributed by atoms with Crippen LogP contribution in [-0.2, 0) is 10.2 Å². The van der Waals surface area contributed by atoms with Crippen LogP contribution < -0.4 is 10.6 Å². The van der Waals surface area contributed by atoms with Crippen molar-refractivity contribution in [3.8, 4) is 0 Å². The van der Waals surface area contributed by atoms with E-state index < -0.39 is 0 Å². The molecule has 0 spiro atoms. The second-order valence-electron chi connectivity index (χ2n) is 5.98. The minimum Gasteiger partial charge on any atom is -0.357 e. The summed E-state index contributed by atoms with van der Waals surface area (Å²) < 4.78 is 0. The van der Waals surface area contributed by atoms with Crippen molar-refractivity contribution in [2.75, 3.05) is 33.7 Å². The van der Waals surface area contributed by atoms with Crippen LogP contribution in [0.5, 0.6) is 0 Å². The molecule has 0 aliphatic heterocycles. The molecule has 1 aliphatic carbocycles. The van der Waals surface area contributed by atoms with Crippen molar-refractivity contribution in [2.24, 2.45) is 4.99 Å². The summed E-state index contributed by atoms with van der Waals surface area (Å²) in [4.78, 5) is 17.6. The minimum atomic E-state index is 0. The van der Waals surface area contributed by atoms with E-state index in [1.54, 1.807) is 19.0 Å². The van der Waals surface area contributed by atoms with Crippen molar-refractivity contribution in [2.45, 2.75) is 25.2 Å². The lowest BCUT2D eigenvalue weighted by Gasteiger charge is -2.19. The quantitative estimate of drug-likeness (QED) is 0.412. The Kier molecular flexibility index (Phi) is 7.81. The van der Waals surface area contributed by atoms with E-state index in [0.717, 1.165) is 13.1 Å². The molecule has 0 unspecified atom stereocenters. The molecule has 6 heteroatoms. The fraction of sp³-hybridized carbons (Fsp3) is 0.529. The molecule has 128 valence electrons. The molecule has 2 N–H and O–H groups in total. The molecule has 0 heterocycles. The van der Waals surface area contributed by atoms with Crippen LogP contribution in [0.3, 0.4) is 0 Å². The van der Waals surface area contributed by atoms with E-state index in [9.17, 15) is 4.79 Å². The third-order valence-corrected chi connectivity index (χ3v) is 4.05. The van der Waals surface area contributed by atoms with Gasteiger partial charge in [0.2, 0.25) is 5.91 Å². The first-order valence-corrected chi connectivity index (χ1v) is 7.85. The fourth-order valence-corrected chi connectivity index (χ4v) is 2.39.